The molecular weight excluding hydrogens is 176 g/mol. The predicted molar refractivity (Wildman–Crippen MR) is 61.7 cm³/mol. The smallest absolute Gasteiger partial charge is 0.0474 e. The number of hydrogen-bond donors (Lipinski definition) is 1. The molecule has 1 unspecified atom stereocenters. The third-order valence-corrected chi connectivity index (χ3v) is 2.48. The van der Waals surface area contributed by atoms with Gasteiger partial charge in [-0.2, -0.15) is 0 Å². The van der Waals surface area contributed by atoms with Crippen molar-refractivity contribution in [3.63, 3.8) is 0 Å². The van der Waals surface area contributed by atoms with E-state index in [1.54, 1.807) is 7.11 Å². The van der Waals surface area contributed by atoms with Gasteiger partial charge in [-0.05, 0) is 33.4 Å². The van der Waals surface area contributed by atoms with Gasteiger partial charge in [-0.25, -0.2) is 0 Å². The molecule has 0 aliphatic rings. The van der Waals surface area contributed by atoms with Crippen LogP contribution in [0.2, 0.25) is 0 Å². The standard InChI is InChI=1S/C11H26N2O/c1-5-7-12-10-11(2)13(3)8-6-9-14-4/h11-12H,5-10H2,1-4H3. The second kappa shape index (κ2) is 9.44. The molecule has 0 saturated carbocycles. The van der Waals surface area contributed by atoms with Gasteiger partial charge in [-0.1, -0.05) is 6.92 Å². The van der Waals surface area contributed by atoms with Crippen LogP contribution >= 0.6 is 0 Å². The van der Waals surface area contributed by atoms with Crippen LogP contribution in [-0.4, -0.2) is 51.3 Å². The molecule has 0 fully saturated rings. The van der Waals surface area contributed by atoms with Crippen molar-refractivity contribution in [1.29, 1.82) is 0 Å². The fourth-order valence-corrected chi connectivity index (χ4v) is 1.32. The van der Waals surface area contributed by atoms with E-state index in [2.05, 4.69) is 31.1 Å². The van der Waals surface area contributed by atoms with Crippen molar-refractivity contribution in [2.24, 2.45) is 0 Å². The molecule has 1 atom stereocenters. The second-order valence-electron chi connectivity index (χ2n) is 3.88. The number of rotatable bonds is 9. The Balaban J connectivity index is 3.39. The van der Waals surface area contributed by atoms with E-state index in [1.165, 1.54) is 6.42 Å². The molecule has 1 N–H and O–H groups in total. The highest BCUT2D eigenvalue weighted by atomic mass is 16.5. The number of nitrogens with one attached hydrogen (secondary N) is 1. The van der Waals surface area contributed by atoms with Crippen molar-refractivity contribution in [3.8, 4) is 0 Å². The molecule has 0 radical (unpaired) electrons. The van der Waals surface area contributed by atoms with E-state index >= 15 is 0 Å². The summed E-state index contributed by atoms with van der Waals surface area (Å²) in [6, 6.07) is 0.610. The molecule has 0 heterocycles. The lowest BCUT2D eigenvalue weighted by molar-refractivity contribution is 0.167. The molecule has 0 amide bonds. The van der Waals surface area contributed by atoms with Crippen LogP contribution in [0.15, 0.2) is 0 Å². The fourth-order valence-electron chi connectivity index (χ4n) is 1.32. The van der Waals surface area contributed by atoms with Crippen molar-refractivity contribution >= 4 is 0 Å². The Labute approximate surface area is 88.8 Å². The zero-order valence-electron chi connectivity index (χ0n) is 10.2. The van der Waals surface area contributed by atoms with Crippen molar-refractivity contribution < 1.29 is 4.74 Å². The predicted octanol–water partition coefficient (Wildman–Crippen LogP) is 1.34. The monoisotopic (exact) mass is 202 g/mol. The summed E-state index contributed by atoms with van der Waals surface area (Å²) in [4.78, 5) is 2.38. The average molecular weight is 202 g/mol. The molecular formula is C11H26N2O. The van der Waals surface area contributed by atoms with E-state index in [4.69, 9.17) is 4.74 Å². The Morgan fingerprint density at radius 2 is 2.14 bits per heavy atom. The van der Waals surface area contributed by atoms with Gasteiger partial charge in [0.2, 0.25) is 0 Å². The van der Waals surface area contributed by atoms with Gasteiger partial charge in [-0.15, -0.1) is 0 Å². The molecule has 86 valence electrons. The van der Waals surface area contributed by atoms with Crippen molar-refractivity contribution in [3.05, 3.63) is 0 Å². The number of ether oxygens (including phenoxy) is 1. The molecule has 0 spiro atoms. The van der Waals surface area contributed by atoms with Crippen LogP contribution in [0.3, 0.4) is 0 Å². The normalized spacial score (nSPS) is 13.5. The Morgan fingerprint density at radius 1 is 1.43 bits per heavy atom. The van der Waals surface area contributed by atoms with Gasteiger partial charge in [0.15, 0.2) is 0 Å². The van der Waals surface area contributed by atoms with Gasteiger partial charge in [0.1, 0.15) is 0 Å². The van der Waals surface area contributed by atoms with E-state index in [0.717, 1.165) is 32.7 Å². The van der Waals surface area contributed by atoms with Crippen LogP contribution in [0.5, 0.6) is 0 Å². The molecule has 0 aromatic carbocycles. The van der Waals surface area contributed by atoms with E-state index in [1.807, 2.05) is 0 Å². The molecule has 14 heavy (non-hydrogen) atoms. The Hall–Kier alpha value is -0.120. The molecule has 3 heteroatoms. The van der Waals surface area contributed by atoms with Crippen LogP contribution < -0.4 is 5.32 Å². The fraction of sp³-hybridized carbons (Fsp3) is 1.00. The SMILES string of the molecule is CCCNCC(C)N(C)CCCOC. The molecule has 0 saturated heterocycles. The maximum atomic E-state index is 5.03. The van der Waals surface area contributed by atoms with Crippen molar-refractivity contribution in [1.82, 2.24) is 10.2 Å². The first kappa shape index (κ1) is 13.9. The quantitative estimate of drug-likeness (QED) is 0.571. The first-order chi connectivity index (χ1) is 6.72. The minimum absolute atomic E-state index is 0.610. The van der Waals surface area contributed by atoms with Gasteiger partial charge >= 0.3 is 0 Å². The summed E-state index contributed by atoms with van der Waals surface area (Å²) in [5, 5.41) is 3.43. The highest BCUT2D eigenvalue weighted by molar-refractivity contribution is 4.65. The summed E-state index contributed by atoms with van der Waals surface area (Å²) in [7, 11) is 3.93. The first-order valence-electron chi connectivity index (χ1n) is 5.62. The summed E-state index contributed by atoms with van der Waals surface area (Å²) in [5.41, 5.74) is 0. The minimum atomic E-state index is 0.610. The Morgan fingerprint density at radius 3 is 2.71 bits per heavy atom. The second-order valence-corrected chi connectivity index (χ2v) is 3.88. The van der Waals surface area contributed by atoms with Crippen LogP contribution in [0.4, 0.5) is 0 Å². The zero-order valence-corrected chi connectivity index (χ0v) is 10.2. The summed E-state index contributed by atoms with van der Waals surface area (Å²) in [6.45, 7) is 8.63. The van der Waals surface area contributed by atoms with E-state index in [0.29, 0.717) is 6.04 Å². The maximum Gasteiger partial charge on any atom is 0.0474 e. The molecule has 0 aliphatic heterocycles. The molecule has 3 nitrogen and oxygen atoms in total. The van der Waals surface area contributed by atoms with Crippen LogP contribution in [0, 0.1) is 0 Å². The lowest BCUT2D eigenvalue weighted by atomic mass is 10.2. The van der Waals surface area contributed by atoms with Crippen molar-refractivity contribution in [2.45, 2.75) is 32.7 Å². The highest BCUT2D eigenvalue weighted by Gasteiger charge is 2.07. The largest absolute Gasteiger partial charge is 0.385 e. The molecule has 0 rings (SSSR count). The summed E-state index contributed by atoms with van der Waals surface area (Å²) >= 11 is 0. The van der Waals surface area contributed by atoms with Crippen LogP contribution in [0.1, 0.15) is 26.7 Å². The average Bonchev–Trinajstić information content (AvgIpc) is 2.18. The van der Waals surface area contributed by atoms with E-state index in [-0.39, 0.29) is 0 Å². The van der Waals surface area contributed by atoms with Crippen molar-refractivity contribution in [2.75, 3.05) is 40.4 Å². The molecule has 0 aliphatic carbocycles. The lowest BCUT2D eigenvalue weighted by Crippen LogP contribution is -2.38. The van der Waals surface area contributed by atoms with Gasteiger partial charge in [0, 0.05) is 32.8 Å². The van der Waals surface area contributed by atoms with Gasteiger partial charge in [-0.3, -0.25) is 0 Å². The number of methoxy groups -OCH3 is 1. The Kier molecular flexibility index (Phi) is 9.35. The van der Waals surface area contributed by atoms with Gasteiger partial charge in [0.25, 0.3) is 0 Å². The zero-order chi connectivity index (χ0) is 10.8. The Bertz CT molecular complexity index is 106. The first-order valence-corrected chi connectivity index (χ1v) is 5.62. The minimum Gasteiger partial charge on any atom is -0.385 e. The number of hydrogen-bond acceptors (Lipinski definition) is 3. The highest BCUT2D eigenvalue weighted by Crippen LogP contribution is 1.95. The third kappa shape index (κ3) is 7.30. The summed E-state index contributed by atoms with van der Waals surface area (Å²) in [6.07, 6.45) is 2.32. The van der Waals surface area contributed by atoms with Crippen LogP contribution in [-0.2, 0) is 4.74 Å². The van der Waals surface area contributed by atoms with E-state index < -0.39 is 0 Å². The topological polar surface area (TPSA) is 24.5 Å². The van der Waals surface area contributed by atoms with Gasteiger partial charge < -0.3 is 15.0 Å². The van der Waals surface area contributed by atoms with Gasteiger partial charge in [0.05, 0.1) is 0 Å². The summed E-state index contributed by atoms with van der Waals surface area (Å²) in [5.74, 6) is 0. The third-order valence-electron chi connectivity index (χ3n) is 2.48. The number of nitrogens with zero attached hydrogens (tertiary/aromatic N) is 1. The number of likely N-dealkylation sites (N-methyl/N-ethyl adjacent to an activating group) is 1. The molecule has 0 aromatic rings. The van der Waals surface area contributed by atoms with E-state index in [9.17, 15) is 0 Å². The molecule has 0 bridgehead atoms. The lowest BCUT2D eigenvalue weighted by Gasteiger charge is -2.24. The molecule has 0 aromatic heterocycles. The maximum absolute atomic E-state index is 5.03. The summed E-state index contributed by atoms with van der Waals surface area (Å²) < 4.78 is 5.03. The van der Waals surface area contributed by atoms with Crippen LogP contribution in [0.25, 0.3) is 0 Å².